The minimum Gasteiger partial charge on any atom is -0.390 e. The van der Waals surface area contributed by atoms with Gasteiger partial charge in [-0.1, -0.05) is 87.5 Å². The fraction of sp³-hybridized carbons (Fsp3) is 0.343. The molecule has 5 heteroatoms. The van der Waals surface area contributed by atoms with Gasteiger partial charge in [-0.25, -0.2) is 4.98 Å². The number of benzene rings is 3. The summed E-state index contributed by atoms with van der Waals surface area (Å²) in [6, 6.07) is 31.2. The van der Waals surface area contributed by atoms with Crippen LogP contribution in [0.5, 0.6) is 0 Å². The zero-order valence-electron chi connectivity index (χ0n) is 24.1. The third kappa shape index (κ3) is 6.79. The van der Waals surface area contributed by atoms with E-state index in [0.717, 1.165) is 41.2 Å². The first-order valence-electron chi connectivity index (χ1n) is 14.3. The molecule has 0 bridgehead atoms. The predicted octanol–water partition coefficient (Wildman–Crippen LogP) is 6.61. The highest BCUT2D eigenvalue weighted by Crippen LogP contribution is 2.46. The number of aliphatic hydroxyl groups excluding tert-OH is 1. The molecule has 40 heavy (non-hydrogen) atoms. The highest BCUT2D eigenvalue weighted by atomic mass is 16.3. The number of nitrogens with two attached hydrogens (primary N) is 1. The Morgan fingerprint density at radius 1 is 0.900 bits per heavy atom. The average Bonchev–Trinajstić information content (AvgIpc) is 3.74. The van der Waals surface area contributed by atoms with Crippen molar-refractivity contribution in [1.82, 2.24) is 10.3 Å². The normalized spacial score (nSPS) is 15.8. The van der Waals surface area contributed by atoms with E-state index >= 15 is 0 Å². The van der Waals surface area contributed by atoms with Gasteiger partial charge in [-0.3, -0.25) is 0 Å². The molecule has 5 rings (SSSR count). The molecule has 5 N–H and O–H groups in total. The molecule has 5 nitrogen and oxygen atoms in total. The molecule has 0 amide bonds. The summed E-state index contributed by atoms with van der Waals surface area (Å²) in [5.41, 5.74) is 14.5. The number of aromatic nitrogens is 1. The van der Waals surface area contributed by atoms with Crippen LogP contribution in [0.4, 0.5) is 11.5 Å². The zero-order chi connectivity index (χ0) is 28.3. The molecule has 3 aromatic carbocycles. The number of aliphatic hydroxyl groups is 1. The van der Waals surface area contributed by atoms with E-state index < -0.39 is 6.10 Å². The highest BCUT2D eigenvalue weighted by Gasteiger charge is 2.44. The van der Waals surface area contributed by atoms with Gasteiger partial charge in [0, 0.05) is 29.5 Å². The molecule has 1 saturated carbocycles. The van der Waals surface area contributed by atoms with E-state index in [1.807, 2.05) is 37.3 Å². The summed E-state index contributed by atoms with van der Waals surface area (Å²) in [7, 11) is 0. The Kier molecular flexibility index (Phi) is 8.09. The molecule has 0 radical (unpaired) electrons. The van der Waals surface area contributed by atoms with Crippen molar-refractivity contribution >= 4 is 11.5 Å². The van der Waals surface area contributed by atoms with Gasteiger partial charge in [0.25, 0.3) is 0 Å². The Morgan fingerprint density at radius 3 is 2.30 bits per heavy atom. The van der Waals surface area contributed by atoms with E-state index in [1.54, 1.807) is 0 Å². The van der Waals surface area contributed by atoms with Gasteiger partial charge in [-0.15, -0.1) is 0 Å². The number of rotatable bonds is 10. The highest BCUT2D eigenvalue weighted by molar-refractivity contribution is 5.69. The number of aryl methyl sites for hydroxylation is 1. The molecule has 1 aromatic heterocycles. The Balaban J connectivity index is 1.16. The molecule has 1 heterocycles. The number of nitrogens with zero attached hydrogens (tertiary/aromatic N) is 1. The second kappa shape index (κ2) is 11.5. The van der Waals surface area contributed by atoms with Gasteiger partial charge < -0.3 is 21.5 Å². The van der Waals surface area contributed by atoms with Crippen molar-refractivity contribution in [3.8, 4) is 11.1 Å². The summed E-state index contributed by atoms with van der Waals surface area (Å²) in [4.78, 5) is 4.66. The molecule has 1 aliphatic rings. The van der Waals surface area contributed by atoms with Crippen LogP contribution in [0.3, 0.4) is 0 Å². The van der Waals surface area contributed by atoms with E-state index in [4.69, 9.17) is 5.73 Å². The van der Waals surface area contributed by atoms with Gasteiger partial charge >= 0.3 is 0 Å². The molecule has 208 valence electrons. The summed E-state index contributed by atoms with van der Waals surface area (Å²) in [6.07, 6.45) is 2.14. The van der Waals surface area contributed by atoms with Crippen molar-refractivity contribution in [3.63, 3.8) is 0 Å². The first kappa shape index (κ1) is 28.0. The minimum atomic E-state index is -0.631. The lowest BCUT2D eigenvalue weighted by Crippen LogP contribution is -2.45. The van der Waals surface area contributed by atoms with Crippen molar-refractivity contribution in [2.45, 2.75) is 70.1 Å². The van der Waals surface area contributed by atoms with E-state index in [9.17, 15) is 5.11 Å². The van der Waals surface area contributed by atoms with Crippen LogP contribution in [0.15, 0.2) is 91.0 Å². The molecule has 2 atom stereocenters. The van der Waals surface area contributed by atoms with Crippen LogP contribution in [-0.2, 0) is 17.4 Å². The molecule has 0 saturated heterocycles. The first-order valence-corrected chi connectivity index (χ1v) is 14.3. The summed E-state index contributed by atoms with van der Waals surface area (Å²) >= 11 is 0. The van der Waals surface area contributed by atoms with Crippen LogP contribution >= 0.6 is 0 Å². The second-order valence-corrected chi connectivity index (χ2v) is 12.3. The summed E-state index contributed by atoms with van der Waals surface area (Å²) in [5.74, 6) is 0.812. The quantitative estimate of drug-likeness (QED) is 0.184. The fourth-order valence-corrected chi connectivity index (χ4v) is 5.24. The largest absolute Gasteiger partial charge is 0.390 e. The van der Waals surface area contributed by atoms with Crippen molar-refractivity contribution < 1.29 is 5.11 Å². The van der Waals surface area contributed by atoms with E-state index in [0.29, 0.717) is 13.0 Å². The summed E-state index contributed by atoms with van der Waals surface area (Å²) in [5, 5.41) is 18.0. The molecule has 0 aliphatic heterocycles. The third-order valence-electron chi connectivity index (χ3n) is 7.93. The van der Waals surface area contributed by atoms with Gasteiger partial charge in [0.1, 0.15) is 5.82 Å². The number of anilines is 2. The van der Waals surface area contributed by atoms with Crippen LogP contribution in [0.25, 0.3) is 11.1 Å². The number of nitrogens with one attached hydrogen (secondary N) is 2. The van der Waals surface area contributed by atoms with Crippen molar-refractivity contribution in [1.29, 1.82) is 0 Å². The van der Waals surface area contributed by atoms with Gasteiger partial charge in [-0.05, 0) is 83.7 Å². The Bertz CT molecular complexity index is 1420. The van der Waals surface area contributed by atoms with Crippen LogP contribution in [0.1, 0.15) is 56.0 Å². The average molecular weight is 535 g/mol. The SMILES string of the molecule is Cc1cc(-c2ccccc2)cc(Nc2ccc(C[C@H](N)[C@H](O)CNC3(c4cccc(C(C)(C)C)c4)CC3)cc2)n1. The minimum absolute atomic E-state index is 0.0422. The molecular weight excluding hydrogens is 492 g/mol. The number of hydrogen-bond acceptors (Lipinski definition) is 5. The molecule has 0 spiro atoms. The maximum absolute atomic E-state index is 10.9. The number of hydrogen-bond donors (Lipinski definition) is 4. The van der Waals surface area contributed by atoms with Crippen LogP contribution in [0, 0.1) is 6.92 Å². The maximum Gasteiger partial charge on any atom is 0.131 e. The van der Waals surface area contributed by atoms with Crippen molar-refractivity contribution in [3.05, 3.63) is 113 Å². The smallest absolute Gasteiger partial charge is 0.131 e. The lowest BCUT2D eigenvalue weighted by molar-refractivity contribution is 0.136. The third-order valence-corrected chi connectivity index (χ3v) is 7.93. The van der Waals surface area contributed by atoms with Gasteiger partial charge in [0.2, 0.25) is 0 Å². The molecule has 1 aliphatic carbocycles. The van der Waals surface area contributed by atoms with Gasteiger partial charge in [-0.2, -0.15) is 0 Å². The van der Waals surface area contributed by atoms with Crippen LogP contribution in [0.2, 0.25) is 0 Å². The molecule has 0 unspecified atom stereocenters. The van der Waals surface area contributed by atoms with Crippen LogP contribution in [-0.4, -0.2) is 28.8 Å². The van der Waals surface area contributed by atoms with E-state index in [2.05, 4.69) is 97.1 Å². The lowest BCUT2D eigenvalue weighted by atomic mass is 9.85. The molecule has 4 aromatic rings. The second-order valence-electron chi connectivity index (χ2n) is 12.3. The fourth-order valence-electron chi connectivity index (χ4n) is 5.24. The van der Waals surface area contributed by atoms with Crippen molar-refractivity contribution in [2.24, 2.45) is 5.73 Å². The monoisotopic (exact) mass is 534 g/mol. The maximum atomic E-state index is 10.9. The molecular formula is C35H42N4O. The van der Waals surface area contributed by atoms with E-state index in [-0.39, 0.29) is 17.0 Å². The predicted molar refractivity (Wildman–Crippen MR) is 166 cm³/mol. The Hall–Kier alpha value is -3.51. The molecule has 1 fully saturated rings. The van der Waals surface area contributed by atoms with Crippen LogP contribution < -0.4 is 16.4 Å². The Morgan fingerprint density at radius 2 is 1.62 bits per heavy atom. The Labute approximate surface area is 238 Å². The van der Waals surface area contributed by atoms with Gasteiger partial charge in [0.15, 0.2) is 0 Å². The lowest BCUT2D eigenvalue weighted by Gasteiger charge is -2.26. The first-order chi connectivity index (χ1) is 19.1. The number of pyridine rings is 1. The van der Waals surface area contributed by atoms with Crippen molar-refractivity contribution in [2.75, 3.05) is 11.9 Å². The standard InChI is InChI=1S/C35H42N4O/c1-24-19-27(26-9-6-5-7-10-26)21-33(38-24)39-30-15-13-25(14-16-30)20-31(36)32(40)23-37-35(17-18-35)29-12-8-11-28(22-29)34(2,3)4/h5-16,19,21-22,31-32,37,40H,17-18,20,23,36H2,1-4H3,(H,38,39)/t31-,32+/m0/s1. The summed E-state index contributed by atoms with van der Waals surface area (Å²) < 4.78 is 0. The topological polar surface area (TPSA) is 83.2 Å². The van der Waals surface area contributed by atoms with E-state index in [1.165, 1.54) is 16.7 Å². The summed E-state index contributed by atoms with van der Waals surface area (Å²) in [6.45, 7) is 9.21. The van der Waals surface area contributed by atoms with Gasteiger partial charge in [0.05, 0.1) is 6.10 Å². The zero-order valence-corrected chi connectivity index (χ0v) is 24.1.